The predicted octanol–water partition coefficient (Wildman–Crippen LogP) is 1.23. The topological polar surface area (TPSA) is 43.3 Å². The van der Waals surface area contributed by atoms with Gasteiger partial charge in [-0.25, -0.2) is 4.52 Å². The summed E-state index contributed by atoms with van der Waals surface area (Å²) >= 11 is 0. The van der Waals surface area contributed by atoms with Crippen LogP contribution in [0, 0.1) is 0 Å². The largest absolute Gasteiger partial charge is 0.330 e. The Bertz CT molecular complexity index is 392. The van der Waals surface area contributed by atoms with E-state index in [2.05, 4.69) is 17.2 Å². The lowest BCUT2D eigenvalue weighted by atomic mass is 10.1. The van der Waals surface area contributed by atoms with Gasteiger partial charge in [0.2, 0.25) is 0 Å². The first-order valence-corrected chi connectivity index (χ1v) is 4.52. The minimum absolute atomic E-state index is 0.754. The molecule has 0 radical (unpaired) electrons. The summed E-state index contributed by atoms with van der Waals surface area (Å²) in [5.74, 6) is 0. The van der Waals surface area contributed by atoms with E-state index in [1.807, 2.05) is 23.0 Å². The molecule has 0 unspecified atom stereocenters. The van der Waals surface area contributed by atoms with Gasteiger partial charge in [0.15, 0.2) is 0 Å². The standard InChI is InChI=1S/C10H13N3/c11-5-1-2-9-4-7-13-10(8-9)3-6-12-13/h3-4,6-8H,1-2,5,11H2. The van der Waals surface area contributed by atoms with Gasteiger partial charge in [-0.3, -0.25) is 0 Å². The van der Waals surface area contributed by atoms with E-state index in [1.54, 1.807) is 0 Å². The molecule has 0 fully saturated rings. The van der Waals surface area contributed by atoms with Gasteiger partial charge in [-0.15, -0.1) is 0 Å². The van der Waals surface area contributed by atoms with Crippen molar-refractivity contribution >= 4 is 5.52 Å². The third-order valence-corrected chi connectivity index (χ3v) is 2.13. The number of nitrogens with two attached hydrogens (primary N) is 1. The molecule has 13 heavy (non-hydrogen) atoms. The first-order chi connectivity index (χ1) is 6.40. The van der Waals surface area contributed by atoms with Crippen molar-refractivity contribution in [3.8, 4) is 0 Å². The van der Waals surface area contributed by atoms with E-state index in [-0.39, 0.29) is 0 Å². The minimum Gasteiger partial charge on any atom is -0.330 e. The van der Waals surface area contributed by atoms with Crippen LogP contribution in [0.2, 0.25) is 0 Å². The molecule has 2 aromatic rings. The SMILES string of the molecule is NCCCc1ccn2nccc2c1. The molecule has 0 spiro atoms. The maximum absolute atomic E-state index is 5.45. The summed E-state index contributed by atoms with van der Waals surface area (Å²) < 4.78 is 1.87. The van der Waals surface area contributed by atoms with Crippen molar-refractivity contribution in [2.24, 2.45) is 5.73 Å². The van der Waals surface area contributed by atoms with Crippen molar-refractivity contribution in [3.05, 3.63) is 36.2 Å². The average Bonchev–Trinajstić information content (AvgIpc) is 2.61. The van der Waals surface area contributed by atoms with Crippen molar-refractivity contribution in [2.45, 2.75) is 12.8 Å². The van der Waals surface area contributed by atoms with Gasteiger partial charge in [0.1, 0.15) is 0 Å². The third-order valence-electron chi connectivity index (χ3n) is 2.13. The number of aryl methyl sites for hydroxylation is 1. The summed E-state index contributed by atoms with van der Waals surface area (Å²) in [6.45, 7) is 0.754. The molecule has 3 nitrogen and oxygen atoms in total. The van der Waals surface area contributed by atoms with Gasteiger partial charge in [-0.1, -0.05) is 0 Å². The fraction of sp³-hybridized carbons (Fsp3) is 0.300. The van der Waals surface area contributed by atoms with E-state index in [0.717, 1.165) is 24.9 Å². The van der Waals surface area contributed by atoms with Gasteiger partial charge in [0.05, 0.1) is 5.52 Å². The number of pyridine rings is 1. The zero-order valence-electron chi connectivity index (χ0n) is 7.48. The summed E-state index contributed by atoms with van der Waals surface area (Å²) in [5.41, 5.74) is 7.93. The zero-order valence-corrected chi connectivity index (χ0v) is 7.48. The molecule has 2 heterocycles. The van der Waals surface area contributed by atoms with Gasteiger partial charge in [-0.2, -0.15) is 5.10 Å². The fourth-order valence-electron chi connectivity index (χ4n) is 1.43. The Kier molecular flexibility index (Phi) is 2.27. The van der Waals surface area contributed by atoms with E-state index in [4.69, 9.17) is 5.73 Å². The number of aromatic nitrogens is 2. The fourth-order valence-corrected chi connectivity index (χ4v) is 1.43. The first kappa shape index (κ1) is 8.26. The second-order valence-corrected chi connectivity index (χ2v) is 3.13. The Morgan fingerprint density at radius 2 is 2.31 bits per heavy atom. The van der Waals surface area contributed by atoms with Crippen molar-refractivity contribution in [3.63, 3.8) is 0 Å². The molecule has 0 bridgehead atoms. The van der Waals surface area contributed by atoms with Crippen LogP contribution in [0.3, 0.4) is 0 Å². The summed E-state index contributed by atoms with van der Waals surface area (Å²) in [6.07, 6.45) is 5.89. The van der Waals surface area contributed by atoms with Gasteiger partial charge >= 0.3 is 0 Å². The minimum atomic E-state index is 0.754. The molecular formula is C10H13N3. The lowest BCUT2D eigenvalue weighted by molar-refractivity contribution is 0.828. The molecular weight excluding hydrogens is 162 g/mol. The number of fused-ring (bicyclic) bond motifs is 1. The Morgan fingerprint density at radius 3 is 3.15 bits per heavy atom. The third kappa shape index (κ3) is 1.70. The van der Waals surface area contributed by atoms with Crippen LogP contribution in [0.25, 0.3) is 5.52 Å². The van der Waals surface area contributed by atoms with Crippen LogP contribution >= 0.6 is 0 Å². The molecule has 0 aliphatic heterocycles. The quantitative estimate of drug-likeness (QED) is 0.762. The highest BCUT2D eigenvalue weighted by atomic mass is 15.2. The maximum Gasteiger partial charge on any atom is 0.0664 e. The van der Waals surface area contributed by atoms with Crippen LogP contribution < -0.4 is 5.73 Å². The van der Waals surface area contributed by atoms with E-state index in [1.165, 1.54) is 5.56 Å². The first-order valence-electron chi connectivity index (χ1n) is 4.52. The van der Waals surface area contributed by atoms with Crippen LogP contribution in [0.5, 0.6) is 0 Å². The molecule has 2 N–H and O–H groups in total. The summed E-state index contributed by atoms with van der Waals surface area (Å²) in [5, 5.41) is 4.13. The van der Waals surface area contributed by atoms with Crippen LogP contribution in [-0.2, 0) is 6.42 Å². The maximum atomic E-state index is 5.45. The van der Waals surface area contributed by atoms with Gasteiger partial charge < -0.3 is 5.73 Å². The van der Waals surface area contributed by atoms with Crippen LogP contribution in [-0.4, -0.2) is 16.2 Å². The molecule has 0 saturated carbocycles. The Morgan fingerprint density at radius 1 is 1.38 bits per heavy atom. The highest BCUT2D eigenvalue weighted by molar-refractivity contribution is 5.47. The van der Waals surface area contributed by atoms with Crippen LogP contribution in [0.4, 0.5) is 0 Å². The molecule has 0 aliphatic carbocycles. The number of hydrogen-bond acceptors (Lipinski definition) is 2. The van der Waals surface area contributed by atoms with Crippen molar-refractivity contribution in [1.82, 2.24) is 9.61 Å². The lowest BCUT2D eigenvalue weighted by Crippen LogP contribution is -2.00. The molecule has 0 aliphatic rings. The van der Waals surface area contributed by atoms with Gasteiger partial charge in [0.25, 0.3) is 0 Å². The highest BCUT2D eigenvalue weighted by Gasteiger charge is 1.95. The second-order valence-electron chi connectivity index (χ2n) is 3.13. The molecule has 0 atom stereocenters. The molecule has 0 aromatic carbocycles. The molecule has 68 valence electrons. The molecule has 3 heteroatoms. The van der Waals surface area contributed by atoms with E-state index >= 15 is 0 Å². The van der Waals surface area contributed by atoms with Gasteiger partial charge in [0, 0.05) is 12.4 Å². The molecule has 0 amide bonds. The number of rotatable bonds is 3. The summed E-state index contributed by atoms with van der Waals surface area (Å²) in [4.78, 5) is 0. The Balaban J connectivity index is 2.26. The Labute approximate surface area is 77.2 Å². The predicted molar refractivity (Wildman–Crippen MR) is 52.6 cm³/mol. The van der Waals surface area contributed by atoms with Crippen molar-refractivity contribution in [2.75, 3.05) is 6.54 Å². The van der Waals surface area contributed by atoms with Crippen LogP contribution in [0.15, 0.2) is 30.6 Å². The summed E-state index contributed by atoms with van der Waals surface area (Å²) in [7, 11) is 0. The highest BCUT2D eigenvalue weighted by Crippen LogP contribution is 2.07. The summed E-state index contributed by atoms with van der Waals surface area (Å²) in [6, 6.07) is 6.25. The molecule has 2 rings (SSSR count). The smallest absolute Gasteiger partial charge is 0.0664 e. The van der Waals surface area contributed by atoms with Crippen LogP contribution in [0.1, 0.15) is 12.0 Å². The van der Waals surface area contributed by atoms with E-state index < -0.39 is 0 Å². The van der Waals surface area contributed by atoms with E-state index in [0.29, 0.717) is 0 Å². The monoisotopic (exact) mass is 175 g/mol. The number of nitrogens with zero attached hydrogens (tertiary/aromatic N) is 2. The van der Waals surface area contributed by atoms with Crippen molar-refractivity contribution in [1.29, 1.82) is 0 Å². The second kappa shape index (κ2) is 3.58. The average molecular weight is 175 g/mol. The van der Waals surface area contributed by atoms with Crippen molar-refractivity contribution < 1.29 is 0 Å². The van der Waals surface area contributed by atoms with Gasteiger partial charge in [-0.05, 0) is 43.1 Å². The zero-order chi connectivity index (χ0) is 9.10. The normalized spacial score (nSPS) is 10.8. The van der Waals surface area contributed by atoms with E-state index in [9.17, 15) is 0 Å². The number of hydrogen-bond donors (Lipinski definition) is 1. The Hall–Kier alpha value is -1.35. The lowest BCUT2D eigenvalue weighted by Gasteiger charge is -2.00. The molecule has 0 saturated heterocycles. The molecule has 2 aromatic heterocycles.